The molecule has 0 aromatic carbocycles. The highest BCUT2D eigenvalue weighted by molar-refractivity contribution is 5.85. The highest BCUT2D eigenvalue weighted by atomic mass is 16.7. The second-order valence-electron chi connectivity index (χ2n) is 8.92. The topological polar surface area (TPSA) is 84.3 Å². The summed E-state index contributed by atoms with van der Waals surface area (Å²) in [6, 6.07) is 0. The SMILES string of the molecule is CC[C@]12CCC(=O)[C@H]1[C@@H](CCCN=[N+]=[N-])C1(CC2)OCC(C)(C)CO1. The number of azide groups is 1. The summed E-state index contributed by atoms with van der Waals surface area (Å²) in [6.07, 6.45) is 6.19. The molecular formula is C19H31N3O3. The molecule has 1 saturated heterocycles. The molecule has 0 radical (unpaired) electrons. The molecule has 3 fully saturated rings. The Kier molecular flexibility index (Phi) is 5.16. The van der Waals surface area contributed by atoms with E-state index in [4.69, 9.17) is 15.0 Å². The van der Waals surface area contributed by atoms with E-state index in [0.717, 1.165) is 38.5 Å². The average molecular weight is 349 g/mol. The number of ether oxygens (including phenoxy) is 2. The molecule has 2 saturated carbocycles. The van der Waals surface area contributed by atoms with Gasteiger partial charge in [0, 0.05) is 41.5 Å². The van der Waals surface area contributed by atoms with Crippen molar-refractivity contribution in [2.24, 2.45) is 27.8 Å². The van der Waals surface area contributed by atoms with Gasteiger partial charge < -0.3 is 9.47 Å². The molecule has 2 aliphatic carbocycles. The maximum Gasteiger partial charge on any atom is 0.171 e. The van der Waals surface area contributed by atoms with Crippen LogP contribution in [0, 0.1) is 22.7 Å². The van der Waals surface area contributed by atoms with E-state index >= 15 is 0 Å². The first-order valence-corrected chi connectivity index (χ1v) is 9.70. The third-order valence-electron chi connectivity index (χ3n) is 6.77. The molecular weight excluding hydrogens is 318 g/mol. The van der Waals surface area contributed by atoms with Crippen LogP contribution in [-0.4, -0.2) is 31.3 Å². The highest BCUT2D eigenvalue weighted by Gasteiger charge is 2.62. The zero-order chi connectivity index (χ0) is 18.1. The van der Waals surface area contributed by atoms with E-state index in [0.29, 0.717) is 32.0 Å². The summed E-state index contributed by atoms with van der Waals surface area (Å²) in [5.74, 6) is -0.152. The van der Waals surface area contributed by atoms with Crippen molar-refractivity contribution in [1.29, 1.82) is 0 Å². The van der Waals surface area contributed by atoms with Gasteiger partial charge >= 0.3 is 0 Å². The molecule has 6 nitrogen and oxygen atoms in total. The molecule has 3 atom stereocenters. The van der Waals surface area contributed by atoms with Gasteiger partial charge in [-0.3, -0.25) is 4.79 Å². The first kappa shape index (κ1) is 18.7. The number of fused-ring (bicyclic) bond motifs is 1. The Labute approximate surface area is 150 Å². The highest BCUT2D eigenvalue weighted by Crippen LogP contribution is 2.60. The summed E-state index contributed by atoms with van der Waals surface area (Å²) < 4.78 is 12.7. The van der Waals surface area contributed by atoms with Crippen LogP contribution in [-0.2, 0) is 14.3 Å². The van der Waals surface area contributed by atoms with Crippen molar-refractivity contribution in [3.05, 3.63) is 10.4 Å². The summed E-state index contributed by atoms with van der Waals surface area (Å²) in [4.78, 5) is 15.7. The Balaban J connectivity index is 1.87. The van der Waals surface area contributed by atoms with Crippen LogP contribution in [0.15, 0.2) is 5.11 Å². The fourth-order valence-corrected chi connectivity index (χ4v) is 5.28. The maximum atomic E-state index is 12.8. The first-order valence-electron chi connectivity index (χ1n) is 9.70. The standard InChI is InChI=1S/C19H31N3O3/c1-4-18-8-7-15(23)16(18)14(6-5-11-21-22-20)19(10-9-18)24-12-17(2,3)13-25-19/h14,16H,4-13H2,1-3H3/t14-,16-,18-/m1/s1. The summed E-state index contributed by atoms with van der Waals surface area (Å²) in [6.45, 7) is 8.31. The molecule has 0 aromatic rings. The van der Waals surface area contributed by atoms with Crippen LogP contribution in [0.4, 0.5) is 0 Å². The minimum atomic E-state index is -0.630. The average Bonchev–Trinajstić information content (AvgIpc) is 2.94. The summed E-state index contributed by atoms with van der Waals surface area (Å²) in [5.41, 5.74) is 8.66. The largest absolute Gasteiger partial charge is 0.349 e. The molecule has 1 spiro atoms. The van der Waals surface area contributed by atoms with Crippen molar-refractivity contribution in [2.75, 3.05) is 19.8 Å². The van der Waals surface area contributed by atoms with E-state index in [1.54, 1.807) is 0 Å². The van der Waals surface area contributed by atoms with Crippen molar-refractivity contribution in [1.82, 2.24) is 0 Å². The van der Waals surface area contributed by atoms with Gasteiger partial charge in [0.25, 0.3) is 0 Å². The number of rotatable bonds is 5. The molecule has 0 amide bonds. The van der Waals surface area contributed by atoms with Crippen molar-refractivity contribution in [3.63, 3.8) is 0 Å². The minimum absolute atomic E-state index is 0.0138. The fraction of sp³-hybridized carbons (Fsp3) is 0.947. The number of Topliss-reactive ketones (excluding diaryl/α,β-unsaturated/α-hetero) is 1. The minimum Gasteiger partial charge on any atom is -0.349 e. The number of carbonyl (C=O) groups is 1. The summed E-state index contributed by atoms with van der Waals surface area (Å²) in [5, 5.41) is 3.67. The van der Waals surface area contributed by atoms with Crippen LogP contribution >= 0.6 is 0 Å². The molecule has 0 aromatic heterocycles. The van der Waals surface area contributed by atoms with Crippen LogP contribution in [0.5, 0.6) is 0 Å². The number of nitrogens with zero attached hydrogens (tertiary/aromatic N) is 3. The predicted octanol–water partition coefficient (Wildman–Crippen LogP) is 4.63. The van der Waals surface area contributed by atoms with Gasteiger partial charge in [-0.05, 0) is 43.1 Å². The molecule has 3 rings (SSSR count). The molecule has 3 aliphatic rings. The van der Waals surface area contributed by atoms with E-state index in [1.165, 1.54) is 0 Å². The van der Waals surface area contributed by atoms with E-state index in [2.05, 4.69) is 30.8 Å². The van der Waals surface area contributed by atoms with Gasteiger partial charge in [-0.2, -0.15) is 0 Å². The second-order valence-corrected chi connectivity index (χ2v) is 8.92. The van der Waals surface area contributed by atoms with Gasteiger partial charge in [0.2, 0.25) is 0 Å². The Bertz CT molecular complexity index is 560. The normalized spacial score (nSPS) is 36.0. The smallest absolute Gasteiger partial charge is 0.171 e. The van der Waals surface area contributed by atoms with E-state index in [1.807, 2.05) is 0 Å². The van der Waals surface area contributed by atoms with Crippen LogP contribution in [0.1, 0.15) is 65.7 Å². The van der Waals surface area contributed by atoms with Crippen LogP contribution in [0.25, 0.3) is 10.4 Å². The monoisotopic (exact) mass is 349 g/mol. The third-order valence-corrected chi connectivity index (χ3v) is 6.77. The second kappa shape index (κ2) is 6.90. The number of carbonyl (C=O) groups excluding carboxylic acids is 1. The Morgan fingerprint density at radius 2 is 1.96 bits per heavy atom. The first-order chi connectivity index (χ1) is 11.9. The molecule has 0 N–H and O–H groups in total. The van der Waals surface area contributed by atoms with E-state index in [9.17, 15) is 4.79 Å². The molecule has 1 aliphatic heterocycles. The van der Waals surface area contributed by atoms with E-state index < -0.39 is 5.79 Å². The zero-order valence-electron chi connectivity index (χ0n) is 15.8. The molecule has 0 unspecified atom stereocenters. The van der Waals surface area contributed by atoms with Gasteiger partial charge in [0.1, 0.15) is 5.78 Å². The van der Waals surface area contributed by atoms with Crippen LogP contribution in [0.2, 0.25) is 0 Å². The van der Waals surface area contributed by atoms with Crippen molar-refractivity contribution >= 4 is 5.78 Å². The van der Waals surface area contributed by atoms with Crippen LogP contribution < -0.4 is 0 Å². The van der Waals surface area contributed by atoms with Crippen molar-refractivity contribution < 1.29 is 14.3 Å². The van der Waals surface area contributed by atoms with Crippen molar-refractivity contribution in [3.8, 4) is 0 Å². The predicted molar refractivity (Wildman–Crippen MR) is 94.8 cm³/mol. The molecule has 25 heavy (non-hydrogen) atoms. The number of hydrogen-bond acceptors (Lipinski definition) is 4. The van der Waals surface area contributed by atoms with Gasteiger partial charge in [0.05, 0.1) is 13.2 Å². The number of hydrogen-bond donors (Lipinski definition) is 0. The third kappa shape index (κ3) is 3.32. The lowest BCUT2D eigenvalue weighted by Gasteiger charge is -2.56. The maximum absolute atomic E-state index is 12.8. The molecule has 6 heteroatoms. The fourth-order valence-electron chi connectivity index (χ4n) is 5.28. The van der Waals surface area contributed by atoms with Gasteiger partial charge in [-0.15, -0.1) is 0 Å². The Morgan fingerprint density at radius 3 is 2.60 bits per heavy atom. The number of ketones is 1. The lowest BCUT2D eigenvalue weighted by atomic mass is 9.58. The Morgan fingerprint density at radius 1 is 1.24 bits per heavy atom. The summed E-state index contributed by atoms with van der Waals surface area (Å²) in [7, 11) is 0. The Hall–Kier alpha value is -1.10. The van der Waals surface area contributed by atoms with Gasteiger partial charge in [0.15, 0.2) is 5.79 Å². The van der Waals surface area contributed by atoms with Crippen LogP contribution in [0.3, 0.4) is 0 Å². The lowest BCUT2D eigenvalue weighted by Crippen LogP contribution is -2.59. The zero-order valence-corrected chi connectivity index (χ0v) is 15.8. The van der Waals surface area contributed by atoms with Crippen molar-refractivity contribution in [2.45, 2.75) is 71.5 Å². The molecule has 0 bridgehead atoms. The quantitative estimate of drug-likeness (QED) is 0.314. The molecule has 1 heterocycles. The van der Waals surface area contributed by atoms with Gasteiger partial charge in [-0.1, -0.05) is 25.9 Å². The van der Waals surface area contributed by atoms with Gasteiger partial charge in [-0.25, -0.2) is 0 Å². The van der Waals surface area contributed by atoms with E-state index in [-0.39, 0.29) is 22.7 Å². The molecule has 140 valence electrons. The lowest BCUT2D eigenvalue weighted by molar-refractivity contribution is -0.346. The summed E-state index contributed by atoms with van der Waals surface area (Å²) >= 11 is 0.